The molecule has 0 bridgehead atoms. The molecule has 4 rings (SSSR count). The molecule has 2 aromatic rings. The first-order valence-corrected chi connectivity index (χ1v) is 14.6. The highest BCUT2D eigenvalue weighted by molar-refractivity contribution is 7.90. The van der Waals surface area contributed by atoms with Gasteiger partial charge < -0.3 is 14.7 Å². The number of aliphatic hydroxyl groups excluding tert-OH is 1. The minimum absolute atomic E-state index is 0.0216. The summed E-state index contributed by atoms with van der Waals surface area (Å²) < 4.78 is 31.3. The molecule has 2 aliphatic rings. The Morgan fingerprint density at radius 1 is 1.14 bits per heavy atom. The molecule has 1 aromatic carbocycles. The van der Waals surface area contributed by atoms with E-state index < -0.39 is 9.84 Å². The van der Waals surface area contributed by atoms with Crippen molar-refractivity contribution in [2.24, 2.45) is 11.3 Å². The lowest BCUT2D eigenvalue weighted by Gasteiger charge is -2.45. The Balaban J connectivity index is 1.40. The third kappa shape index (κ3) is 6.83. The summed E-state index contributed by atoms with van der Waals surface area (Å²) in [6.07, 6.45) is 5.85. The SMILES string of the molecule is C[C@H](CO)CS(=O)(=O)Cc1ccc(-c2ccc3c(c2)CCC2(CCN(CC(C)(C)C)CC2)O3)nc1. The van der Waals surface area contributed by atoms with E-state index in [2.05, 4.69) is 42.8 Å². The van der Waals surface area contributed by atoms with Crippen molar-refractivity contribution in [1.29, 1.82) is 0 Å². The van der Waals surface area contributed by atoms with E-state index in [-0.39, 0.29) is 29.6 Å². The first kappa shape index (κ1) is 26.1. The lowest BCUT2D eigenvalue weighted by Crippen LogP contribution is -2.51. The van der Waals surface area contributed by atoms with E-state index in [1.165, 1.54) is 5.56 Å². The second kappa shape index (κ2) is 10.2. The number of rotatable bonds is 7. The molecule has 6 nitrogen and oxygen atoms in total. The van der Waals surface area contributed by atoms with Crippen LogP contribution >= 0.6 is 0 Å². The number of ether oxygens (including phenoxy) is 1. The van der Waals surface area contributed by atoms with E-state index >= 15 is 0 Å². The van der Waals surface area contributed by atoms with Crippen molar-refractivity contribution in [2.75, 3.05) is 32.0 Å². The molecule has 1 atom stereocenters. The number of nitrogens with zero attached hydrogens (tertiary/aromatic N) is 2. The first-order chi connectivity index (χ1) is 16.5. The molecule has 7 heteroatoms. The molecule has 3 heterocycles. The average molecular weight is 501 g/mol. The Morgan fingerprint density at radius 3 is 2.51 bits per heavy atom. The zero-order valence-corrected chi connectivity index (χ0v) is 22.4. The summed E-state index contributed by atoms with van der Waals surface area (Å²) in [5.41, 5.74) is 4.01. The zero-order valence-electron chi connectivity index (χ0n) is 21.6. The van der Waals surface area contributed by atoms with Gasteiger partial charge in [-0.1, -0.05) is 33.8 Å². The fourth-order valence-electron chi connectivity index (χ4n) is 5.30. The number of likely N-dealkylation sites (tertiary alicyclic amines) is 1. The molecule has 1 N–H and O–H groups in total. The fourth-order valence-corrected chi connectivity index (χ4v) is 7.07. The van der Waals surface area contributed by atoms with Crippen LogP contribution in [0.4, 0.5) is 0 Å². The molecule has 0 amide bonds. The van der Waals surface area contributed by atoms with Crippen LogP contribution < -0.4 is 4.74 Å². The second-order valence-electron chi connectivity index (χ2n) is 11.8. The van der Waals surface area contributed by atoms with Crippen molar-refractivity contribution < 1.29 is 18.3 Å². The topological polar surface area (TPSA) is 79.7 Å². The van der Waals surface area contributed by atoms with Crippen molar-refractivity contribution in [2.45, 2.75) is 64.7 Å². The Bertz CT molecular complexity index is 1110. The lowest BCUT2D eigenvalue weighted by atomic mass is 9.82. The van der Waals surface area contributed by atoms with Gasteiger partial charge in [-0.05, 0) is 72.4 Å². The van der Waals surface area contributed by atoms with Gasteiger partial charge in [0.15, 0.2) is 9.84 Å². The molecule has 0 unspecified atom stereocenters. The van der Waals surface area contributed by atoms with Crippen LogP contribution in [0.5, 0.6) is 5.75 Å². The van der Waals surface area contributed by atoms with Gasteiger partial charge in [-0.15, -0.1) is 0 Å². The molecule has 192 valence electrons. The van der Waals surface area contributed by atoms with Gasteiger partial charge in [-0.3, -0.25) is 4.98 Å². The van der Waals surface area contributed by atoms with Crippen LogP contribution in [0, 0.1) is 11.3 Å². The Labute approximate surface area is 210 Å². The first-order valence-electron chi connectivity index (χ1n) is 12.8. The van der Waals surface area contributed by atoms with Crippen molar-refractivity contribution in [3.05, 3.63) is 47.7 Å². The van der Waals surface area contributed by atoms with Crippen molar-refractivity contribution >= 4 is 9.84 Å². The maximum absolute atomic E-state index is 12.3. The summed E-state index contributed by atoms with van der Waals surface area (Å²) in [6.45, 7) is 11.8. The number of piperidine rings is 1. The Hall–Kier alpha value is -1.96. The van der Waals surface area contributed by atoms with Crippen LogP contribution in [0.2, 0.25) is 0 Å². The fraction of sp³-hybridized carbons (Fsp3) is 0.607. The largest absolute Gasteiger partial charge is 0.487 e. The second-order valence-corrected chi connectivity index (χ2v) is 13.9. The highest BCUT2D eigenvalue weighted by atomic mass is 32.2. The number of fused-ring (bicyclic) bond motifs is 1. The molecule has 2 aliphatic heterocycles. The van der Waals surface area contributed by atoms with Gasteiger partial charge in [-0.2, -0.15) is 0 Å². The summed E-state index contributed by atoms with van der Waals surface area (Å²) >= 11 is 0. The number of sulfone groups is 1. The molecule has 1 aromatic heterocycles. The molecule has 0 saturated carbocycles. The van der Waals surface area contributed by atoms with Gasteiger partial charge in [0.05, 0.1) is 17.2 Å². The van der Waals surface area contributed by atoms with Crippen LogP contribution in [-0.2, 0) is 22.0 Å². The van der Waals surface area contributed by atoms with E-state index in [1.54, 1.807) is 13.1 Å². The van der Waals surface area contributed by atoms with Gasteiger partial charge in [0, 0.05) is 38.0 Å². The van der Waals surface area contributed by atoms with Gasteiger partial charge in [-0.25, -0.2) is 8.42 Å². The van der Waals surface area contributed by atoms with Crippen molar-refractivity contribution in [1.82, 2.24) is 9.88 Å². The highest BCUT2D eigenvalue weighted by Gasteiger charge is 2.40. The lowest BCUT2D eigenvalue weighted by molar-refractivity contribution is -0.0206. The number of aryl methyl sites for hydroxylation is 1. The number of hydrogen-bond acceptors (Lipinski definition) is 6. The number of aliphatic hydroxyl groups is 1. The van der Waals surface area contributed by atoms with Gasteiger partial charge >= 0.3 is 0 Å². The van der Waals surface area contributed by atoms with Crippen molar-refractivity contribution in [3.63, 3.8) is 0 Å². The maximum Gasteiger partial charge on any atom is 0.154 e. The summed E-state index contributed by atoms with van der Waals surface area (Å²) in [6, 6.07) is 10.0. The predicted molar refractivity (Wildman–Crippen MR) is 140 cm³/mol. The third-order valence-corrected chi connectivity index (χ3v) is 8.91. The molecular formula is C28H40N2O4S. The quantitative estimate of drug-likeness (QED) is 0.603. The number of aromatic nitrogens is 1. The van der Waals surface area contributed by atoms with Crippen LogP contribution in [-0.4, -0.2) is 61.0 Å². The number of benzene rings is 1. The van der Waals surface area contributed by atoms with Gasteiger partial charge in [0.2, 0.25) is 0 Å². The summed E-state index contributed by atoms with van der Waals surface area (Å²) in [5, 5.41) is 9.14. The normalized spacial score (nSPS) is 19.2. The monoisotopic (exact) mass is 500 g/mol. The van der Waals surface area contributed by atoms with E-state index in [1.807, 2.05) is 18.2 Å². The third-order valence-electron chi connectivity index (χ3n) is 7.06. The number of pyridine rings is 1. The predicted octanol–water partition coefficient (Wildman–Crippen LogP) is 4.50. The average Bonchev–Trinajstić information content (AvgIpc) is 2.79. The van der Waals surface area contributed by atoms with Crippen LogP contribution in [0.25, 0.3) is 11.3 Å². The Kier molecular flexibility index (Phi) is 7.60. The van der Waals surface area contributed by atoms with E-state index in [0.717, 1.165) is 62.3 Å². The molecule has 1 spiro atoms. The molecule has 1 saturated heterocycles. The standard InChI is InChI=1S/C28H40N2O4S/c1-21(17-31)18-35(32,33)19-22-5-7-25(29-16-22)23-6-8-26-24(15-23)9-10-28(34-26)11-13-30(14-12-28)20-27(2,3)4/h5-8,15-16,21,31H,9-14,17-20H2,1-4H3/t21-/m1/s1. The molecule has 1 fully saturated rings. The number of hydrogen-bond donors (Lipinski definition) is 1. The highest BCUT2D eigenvalue weighted by Crippen LogP contribution is 2.41. The molecular weight excluding hydrogens is 460 g/mol. The minimum Gasteiger partial charge on any atom is -0.487 e. The van der Waals surface area contributed by atoms with Crippen molar-refractivity contribution in [3.8, 4) is 17.0 Å². The van der Waals surface area contributed by atoms with Gasteiger partial charge in [0.25, 0.3) is 0 Å². The Morgan fingerprint density at radius 2 is 1.89 bits per heavy atom. The van der Waals surface area contributed by atoms with E-state index in [4.69, 9.17) is 9.84 Å². The van der Waals surface area contributed by atoms with Crippen LogP contribution in [0.15, 0.2) is 36.5 Å². The molecule has 0 aliphatic carbocycles. The van der Waals surface area contributed by atoms with E-state index in [9.17, 15) is 8.42 Å². The maximum atomic E-state index is 12.3. The molecule has 35 heavy (non-hydrogen) atoms. The summed E-state index contributed by atoms with van der Waals surface area (Å²) in [5.74, 6) is 0.648. The molecule has 0 radical (unpaired) electrons. The smallest absolute Gasteiger partial charge is 0.154 e. The van der Waals surface area contributed by atoms with Gasteiger partial charge in [0.1, 0.15) is 11.4 Å². The van der Waals surface area contributed by atoms with Crippen LogP contribution in [0.3, 0.4) is 0 Å². The minimum atomic E-state index is -3.28. The van der Waals surface area contributed by atoms with E-state index in [0.29, 0.717) is 11.0 Å². The summed E-state index contributed by atoms with van der Waals surface area (Å²) in [4.78, 5) is 7.11. The summed E-state index contributed by atoms with van der Waals surface area (Å²) in [7, 11) is -3.28. The zero-order chi connectivity index (χ0) is 25.3. The van der Waals surface area contributed by atoms with Crippen LogP contribution in [0.1, 0.15) is 58.1 Å².